The molecule has 1 saturated carbocycles. The van der Waals surface area contributed by atoms with E-state index in [1.54, 1.807) is 19.2 Å². The summed E-state index contributed by atoms with van der Waals surface area (Å²) in [6.07, 6.45) is 3.43. The largest absolute Gasteiger partial charge is 0.496 e. The molecule has 182 valence electrons. The predicted molar refractivity (Wildman–Crippen MR) is 132 cm³/mol. The van der Waals surface area contributed by atoms with Gasteiger partial charge in [-0.2, -0.15) is 0 Å². The Hall–Kier alpha value is -3.39. The number of carbonyl (C=O) groups excluding carboxylic acids is 1. The summed E-state index contributed by atoms with van der Waals surface area (Å²) < 4.78 is 28.5. The highest BCUT2D eigenvalue weighted by molar-refractivity contribution is 6.02. The highest BCUT2D eigenvalue weighted by atomic mass is 19.1. The Balaban J connectivity index is 1.46. The molecular formula is C27H29FN4O3. The van der Waals surface area contributed by atoms with Crippen LogP contribution in [0.5, 0.6) is 5.75 Å². The second-order valence-corrected chi connectivity index (χ2v) is 9.91. The van der Waals surface area contributed by atoms with E-state index in [-0.39, 0.29) is 24.9 Å². The number of hydrogen-bond donors (Lipinski definition) is 1. The van der Waals surface area contributed by atoms with E-state index in [1.165, 1.54) is 17.7 Å². The molecule has 2 aliphatic rings. The molecule has 1 aliphatic carbocycles. The molecule has 4 heterocycles. The number of ether oxygens (including phenoxy) is 1. The van der Waals surface area contributed by atoms with E-state index in [0.29, 0.717) is 29.4 Å². The third kappa shape index (κ3) is 3.86. The summed E-state index contributed by atoms with van der Waals surface area (Å²) in [6.45, 7) is 3.28. The van der Waals surface area contributed by atoms with Gasteiger partial charge < -0.3 is 24.4 Å². The van der Waals surface area contributed by atoms with Crippen LogP contribution in [0.4, 0.5) is 4.39 Å². The average Bonchev–Trinajstić information content (AvgIpc) is 3.51. The lowest BCUT2D eigenvalue weighted by atomic mass is 10.0. The second-order valence-electron chi connectivity index (χ2n) is 9.91. The number of likely N-dealkylation sites (tertiary alicyclic amines) is 1. The van der Waals surface area contributed by atoms with Crippen LogP contribution in [0, 0.1) is 12.8 Å². The number of rotatable bonds is 5. The molecule has 0 spiro atoms. The van der Waals surface area contributed by atoms with E-state index in [0.717, 1.165) is 40.0 Å². The lowest BCUT2D eigenvalue weighted by Crippen LogP contribution is -2.50. The molecule has 1 aromatic carbocycles. The maximum atomic E-state index is 14.1. The van der Waals surface area contributed by atoms with Gasteiger partial charge in [0.1, 0.15) is 23.2 Å². The van der Waals surface area contributed by atoms with Crippen LogP contribution >= 0.6 is 0 Å². The summed E-state index contributed by atoms with van der Waals surface area (Å²) in [5, 5.41) is 1.89. The van der Waals surface area contributed by atoms with Crippen molar-refractivity contribution >= 4 is 27.9 Å². The van der Waals surface area contributed by atoms with E-state index in [1.807, 2.05) is 19.2 Å². The molecule has 1 aliphatic heterocycles. The van der Waals surface area contributed by atoms with Crippen LogP contribution in [0.2, 0.25) is 0 Å². The fourth-order valence-electron chi connectivity index (χ4n) is 5.31. The Morgan fingerprint density at radius 2 is 2.11 bits per heavy atom. The number of nitrogens with zero attached hydrogens (tertiary/aromatic N) is 3. The molecule has 35 heavy (non-hydrogen) atoms. The smallest absolute Gasteiger partial charge is 0.254 e. The average molecular weight is 477 g/mol. The van der Waals surface area contributed by atoms with Crippen molar-refractivity contribution in [2.75, 3.05) is 20.2 Å². The Morgan fingerprint density at radius 1 is 1.29 bits per heavy atom. The number of halogens is 1. The molecule has 1 amide bonds. The highest BCUT2D eigenvalue weighted by Gasteiger charge is 2.31. The zero-order valence-electron chi connectivity index (χ0n) is 20.0. The van der Waals surface area contributed by atoms with E-state index < -0.39 is 6.17 Å². The number of furan rings is 1. The molecule has 6 rings (SSSR count). The molecule has 8 heteroatoms. The number of aromatic nitrogens is 2. The van der Waals surface area contributed by atoms with Gasteiger partial charge >= 0.3 is 0 Å². The SMILES string of the molecule is COc1cc(C(=O)N2C[C@H](N)C[C@@H](F)C2)cc2oc(-c3cc4cccnc4n3CC3CC3)c(C)c12. The van der Waals surface area contributed by atoms with Crippen molar-refractivity contribution < 1.29 is 18.3 Å². The number of fused-ring (bicyclic) bond motifs is 2. The number of benzene rings is 1. The van der Waals surface area contributed by atoms with Crippen molar-refractivity contribution in [3.05, 3.63) is 47.7 Å². The van der Waals surface area contributed by atoms with Gasteiger partial charge in [-0.3, -0.25) is 4.79 Å². The number of pyridine rings is 1. The molecule has 4 aromatic rings. The zero-order chi connectivity index (χ0) is 24.3. The fraction of sp³-hybridized carbons (Fsp3) is 0.407. The van der Waals surface area contributed by atoms with Crippen LogP contribution in [0.15, 0.2) is 40.9 Å². The number of nitrogens with two attached hydrogens (primary N) is 1. The fourth-order valence-corrected chi connectivity index (χ4v) is 5.31. The quantitative estimate of drug-likeness (QED) is 0.452. The van der Waals surface area contributed by atoms with Gasteiger partial charge in [0.05, 0.1) is 24.7 Å². The van der Waals surface area contributed by atoms with Crippen LogP contribution in [-0.2, 0) is 6.54 Å². The number of methoxy groups -OCH3 is 1. The molecule has 3 aromatic heterocycles. The van der Waals surface area contributed by atoms with Crippen LogP contribution in [0.25, 0.3) is 33.5 Å². The lowest BCUT2D eigenvalue weighted by molar-refractivity contribution is 0.0606. The predicted octanol–water partition coefficient (Wildman–Crippen LogP) is 4.69. The van der Waals surface area contributed by atoms with Crippen molar-refractivity contribution in [3.8, 4) is 17.2 Å². The minimum Gasteiger partial charge on any atom is -0.496 e. The third-order valence-electron chi connectivity index (χ3n) is 7.21. The molecule has 2 N–H and O–H groups in total. The van der Waals surface area contributed by atoms with Gasteiger partial charge in [-0.15, -0.1) is 0 Å². The molecule has 0 unspecified atom stereocenters. The Morgan fingerprint density at radius 3 is 2.86 bits per heavy atom. The van der Waals surface area contributed by atoms with Crippen LogP contribution in [0.1, 0.15) is 35.2 Å². The van der Waals surface area contributed by atoms with Crippen LogP contribution in [-0.4, -0.2) is 52.8 Å². The normalized spacial score (nSPS) is 20.6. The molecular weight excluding hydrogens is 447 g/mol. The number of amides is 1. The van der Waals surface area contributed by atoms with Crippen molar-refractivity contribution in [1.82, 2.24) is 14.5 Å². The van der Waals surface area contributed by atoms with Gasteiger partial charge in [0.25, 0.3) is 5.91 Å². The van der Waals surface area contributed by atoms with E-state index in [9.17, 15) is 9.18 Å². The van der Waals surface area contributed by atoms with Gasteiger partial charge in [-0.05, 0) is 62.4 Å². The summed E-state index contributed by atoms with van der Waals surface area (Å²) in [7, 11) is 1.58. The first-order valence-electron chi connectivity index (χ1n) is 12.2. The molecule has 7 nitrogen and oxygen atoms in total. The Kier molecular flexibility index (Phi) is 5.29. The standard InChI is InChI=1S/C27H29FN4O3/c1-15-24-22(34-2)9-18(27(33)31-13-19(28)11-20(29)14-31)10-23(24)35-25(15)21-8-17-4-3-7-30-26(17)32(21)12-16-5-6-16/h3-4,7-10,16,19-20H,5-6,11-14,29H2,1-2H3/t19-,20-/m1/s1. The number of hydrogen-bond acceptors (Lipinski definition) is 5. The van der Waals surface area contributed by atoms with Gasteiger partial charge in [-0.25, -0.2) is 9.37 Å². The summed E-state index contributed by atoms with van der Waals surface area (Å²) in [6, 6.07) is 9.19. The van der Waals surface area contributed by atoms with Crippen molar-refractivity contribution in [2.45, 2.75) is 44.9 Å². The number of alkyl halides is 1. The second kappa shape index (κ2) is 8.37. The van der Waals surface area contributed by atoms with Crippen molar-refractivity contribution in [3.63, 3.8) is 0 Å². The summed E-state index contributed by atoms with van der Waals surface area (Å²) >= 11 is 0. The van der Waals surface area contributed by atoms with E-state index in [2.05, 4.69) is 21.7 Å². The molecule has 0 bridgehead atoms. The number of aryl methyl sites for hydroxylation is 1. The van der Waals surface area contributed by atoms with Gasteiger partial charge in [0.15, 0.2) is 5.76 Å². The first-order chi connectivity index (χ1) is 16.9. The third-order valence-corrected chi connectivity index (χ3v) is 7.21. The van der Waals surface area contributed by atoms with E-state index in [4.69, 9.17) is 14.9 Å². The summed E-state index contributed by atoms with van der Waals surface area (Å²) in [5.41, 5.74) is 9.79. The topological polar surface area (TPSA) is 86.5 Å². The monoisotopic (exact) mass is 476 g/mol. The minimum atomic E-state index is -1.12. The Bertz CT molecular complexity index is 1430. The van der Waals surface area contributed by atoms with Crippen LogP contribution < -0.4 is 10.5 Å². The van der Waals surface area contributed by atoms with Gasteiger partial charge in [0, 0.05) is 41.8 Å². The molecule has 2 fully saturated rings. The molecule has 1 saturated heterocycles. The maximum absolute atomic E-state index is 14.1. The number of carbonyl (C=O) groups is 1. The maximum Gasteiger partial charge on any atom is 0.254 e. The highest BCUT2D eigenvalue weighted by Crippen LogP contribution is 2.42. The summed E-state index contributed by atoms with van der Waals surface area (Å²) in [4.78, 5) is 19.4. The van der Waals surface area contributed by atoms with Crippen molar-refractivity contribution in [2.24, 2.45) is 11.7 Å². The lowest BCUT2D eigenvalue weighted by Gasteiger charge is -2.33. The first kappa shape index (κ1) is 22.1. The minimum absolute atomic E-state index is 0.0452. The van der Waals surface area contributed by atoms with Gasteiger partial charge in [-0.1, -0.05) is 0 Å². The zero-order valence-corrected chi connectivity index (χ0v) is 20.0. The first-order valence-corrected chi connectivity index (χ1v) is 12.2. The molecule has 2 atom stereocenters. The Labute approximate surface area is 202 Å². The number of piperidine rings is 1. The van der Waals surface area contributed by atoms with Crippen molar-refractivity contribution in [1.29, 1.82) is 0 Å². The van der Waals surface area contributed by atoms with Crippen LogP contribution in [0.3, 0.4) is 0 Å². The summed E-state index contributed by atoms with van der Waals surface area (Å²) in [5.74, 6) is 1.68. The molecule has 0 radical (unpaired) electrons. The van der Waals surface area contributed by atoms with E-state index >= 15 is 0 Å². The van der Waals surface area contributed by atoms with Gasteiger partial charge in [0.2, 0.25) is 0 Å².